The zero-order chi connectivity index (χ0) is 14.3. The summed E-state index contributed by atoms with van der Waals surface area (Å²) in [6.07, 6.45) is 1.62. The summed E-state index contributed by atoms with van der Waals surface area (Å²) in [5.41, 5.74) is 6.75. The minimum absolute atomic E-state index is 0.238. The minimum atomic E-state index is -3.49. The molecule has 3 N–H and O–H groups in total. The molecule has 0 spiro atoms. The third-order valence-electron chi connectivity index (χ3n) is 2.61. The average Bonchev–Trinajstić information content (AvgIpc) is 2.36. The number of nitrogens with one attached hydrogen (secondary N) is 1. The summed E-state index contributed by atoms with van der Waals surface area (Å²) < 4.78 is 32.0. The second kappa shape index (κ2) is 7.47. The Bertz CT molecular complexity index is 501. The number of anilines is 1. The normalized spacial score (nSPS) is 11.7. The molecule has 0 heterocycles. The van der Waals surface area contributed by atoms with E-state index in [1.165, 1.54) is 6.07 Å². The van der Waals surface area contributed by atoms with Gasteiger partial charge in [0, 0.05) is 25.4 Å². The molecule has 1 rings (SSSR count). The molecule has 5 nitrogen and oxygen atoms in total. The Morgan fingerprint density at radius 1 is 1.32 bits per heavy atom. The number of nitrogen functional groups attached to an aromatic ring is 1. The van der Waals surface area contributed by atoms with Gasteiger partial charge in [-0.05, 0) is 37.5 Å². The molecule has 0 saturated heterocycles. The second-order valence-electron chi connectivity index (χ2n) is 4.39. The molecule has 0 aromatic heterocycles. The maximum Gasteiger partial charge on any atom is 0.240 e. The molecule has 0 unspecified atom stereocenters. The SMILES string of the molecule is CCCOCCCNS(=O)(=O)c1cc(N)ccc1C. The maximum absolute atomic E-state index is 12.1. The number of sulfonamides is 1. The lowest BCUT2D eigenvalue weighted by atomic mass is 10.2. The van der Waals surface area contributed by atoms with Gasteiger partial charge in [0.1, 0.15) is 0 Å². The fourth-order valence-corrected chi connectivity index (χ4v) is 2.96. The van der Waals surface area contributed by atoms with Crippen LogP contribution in [0.3, 0.4) is 0 Å². The number of ether oxygens (including phenoxy) is 1. The van der Waals surface area contributed by atoms with Crippen LogP contribution in [0, 0.1) is 6.92 Å². The number of hydrogen-bond donors (Lipinski definition) is 2. The largest absolute Gasteiger partial charge is 0.399 e. The average molecular weight is 286 g/mol. The molecule has 1 aromatic carbocycles. The van der Waals surface area contributed by atoms with Gasteiger partial charge < -0.3 is 10.5 Å². The molecule has 0 fully saturated rings. The fourth-order valence-electron chi connectivity index (χ4n) is 1.61. The molecule has 0 aliphatic carbocycles. The predicted molar refractivity (Wildman–Crippen MR) is 76.5 cm³/mol. The van der Waals surface area contributed by atoms with Crippen LogP contribution in [0.4, 0.5) is 5.69 Å². The summed E-state index contributed by atoms with van der Waals surface area (Å²) in [6.45, 7) is 5.41. The molecule has 1 aromatic rings. The summed E-state index contributed by atoms with van der Waals surface area (Å²) in [6, 6.07) is 4.87. The summed E-state index contributed by atoms with van der Waals surface area (Å²) in [5, 5.41) is 0. The molecular formula is C13H22N2O3S. The van der Waals surface area contributed by atoms with Crippen LogP contribution in [0.2, 0.25) is 0 Å². The van der Waals surface area contributed by atoms with Gasteiger partial charge >= 0.3 is 0 Å². The van der Waals surface area contributed by atoms with Crippen molar-refractivity contribution < 1.29 is 13.2 Å². The summed E-state index contributed by atoms with van der Waals surface area (Å²) in [7, 11) is -3.49. The van der Waals surface area contributed by atoms with E-state index in [0.717, 1.165) is 6.42 Å². The number of rotatable bonds is 8. The Labute approximate surface area is 115 Å². The third kappa shape index (κ3) is 5.18. The van der Waals surface area contributed by atoms with Crippen LogP contribution >= 0.6 is 0 Å². The van der Waals surface area contributed by atoms with E-state index < -0.39 is 10.0 Å². The van der Waals surface area contributed by atoms with Crippen LogP contribution in [0.15, 0.2) is 23.1 Å². The van der Waals surface area contributed by atoms with Gasteiger partial charge in [-0.25, -0.2) is 13.1 Å². The molecule has 0 bridgehead atoms. The van der Waals surface area contributed by atoms with Gasteiger partial charge in [-0.15, -0.1) is 0 Å². The Hall–Kier alpha value is -1.11. The monoisotopic (exact) mass is 286 g/mol. The predicted octanol–water partition coefficient (Wildman–Crippen LogP) is 1.67. The molecule has 0 aliphatic rings. The molecule has 0 saturated carbocycles. The van der Waals surface area contributed by atoms with Crippen LogP contribution in [0.1, 0.15) is 25.3 Å². The van der Waals surface area contributed by atoms with Crippen molar-refractivity contribution in [2.75, 3.05) is 25.5 Å². The van der Waals surface area contributed by atoms with Crippen LogP contribution in [-0.4, -0.2) is 28.2 Å². The van der Waals surface area contributed by atoms with Gasteiger partial charge in [0.25, 0.3) is 0 Å². The standard InChI is InChI=1S/C13H22N2O3S/c1-3-8-18-9-4-7-15-19(16,17)13-10-12(14)6-5-11(13)2/h5-6,10,15H,3-4,7-9,14H2,1-2H3. The number of benzene rings is 1. The van der Waals surface area contributed by atoms with Gasteiger partial charge in [0.2, 0.25) is 10.0 Å². The van der Waals surface area contributed by atoms with Gasteiger partial charge in [0.05, 0.1) is 4.90 Å². The second-order valence-corrected chi connectivity index (χ2v) is 6.12. The topological polar surface area (TPSA) is 81.4 Å². The van der Waals surface area contributed by atoms with Crippen molar-refractivity contribution in [3.8, 4) is 0 Å². The van der Waals surface area contributed by atoms with Crippen molar-refractivity contribution in [3.63, 3.8) is 0 Å². The first-order valence-electron chi connectivity index (χ1n) is 6.41. The van der Waals surface area contributed by atoms with Crippen LogP contribution in [0.5, 0.6) is 0 Å². The van der Waals surface area contributed by atoms with E-state index in [2.05, 4.69) is 4.72 Å². The Morgan fingerprint density at radius 2 is 2.05 bits per heavy atom. The lowest BCUT2D eigenvalue weighted by Gasteiger charge is -2.10. The molecule has 19 heavy (non-hydrogen) atoms. The molecule has 6 heteroatoms. The van der Waals surface area contributed by atoms with Gasteiger partial charge in [-0.2, -0.15) is 0 Å². The Kier molecular flexibility index (Phi) is 6.27. The van der Waals surface area contributed by atoms with Crippen LogP contribution in [-0.2, 0) is 14.8 Å². The molecule has 0 aliphatic heterocycles. The molecule has 0 radical (unpaired) electrons. The summed E-state index contributed by atoms with van der Waals surface area (Å²) >= 11 is 0. The highest BCUT2D eigenvalue weighted by Gasteiger charge is 2.16. The lowest BCUT2D eigenvalue weighted by molar-refractivity contribution is 0.133. The van der Waals surface area contributed by atoms with Crippen molar-refractivity contribution in [2.45, 2.75) is 31.6 Å². The Balaban J connectivity index is 2.54. The summed E-state index contributed by atoms with van der Waals surface area (Å²) in [5.74, 6) is 0. The van der Waals surface area contributed by atoms with Gasteiger partial charge in [0.15, 0.2) is 0 Å². The Morgan fingerprint density at radius 3 is 2.74 bits per heavy atom. The molecule has 0 amide bonds. The van der Waals surface area contributed by atoms with Crippen molar-refractivity contribution in [3.05, 3.63) is 23.8 Å². The van der Waals surface area contributed by atoms with Crippen molar-refractivity contribution in [2.24, 2.45) is 0 Å². The van der Waals surface area contributed by atoms with E-state index in [1.54, 1.807) is 19.1 Å². The third-order valence-corrected chi connectivity index (χ3v) is 4.21. The molecular weight excluding hydrogens is 264 g/mol. The summed E-state index contributed by atoms with van der Waals surface area (Å²) in [4.78, 5) is 0.238. The zero-order valence-corrected chi connectivity index (χ0v) is 12.3. The fraction of sp³-hybridized carbons (Fsp3) is 0.538. The highest BCUT2D eigenvalue weighted by Crippen LogP contribution is 2.17. The van der Waals surface area contributed by atoms with E-state index in [9.17, 15) is 8.42 Å². The number of aryl methyl sites for hydroxylation is 1. The molecule has 108 valence electrons. The van der Waals surface area contributed by atoms with Crippen molar-refractivity contribution >= 4 is 15.7 Å². The van der Waals surface area contributed by atoms with Crippen molar-refractivity contribution in [1.29, 1.82) is 0 Å². The van der Waals surface area contributed by atoms with Crippen LogP contribution in [0.25, 0.3) is 0 Å². The lowest BCUT2D eigenvalue weighted by Crippen LogP contribution is -2.26. The van der Waals surface area contributed by atoms with E-state index >= 15 is 0 Å². The maximum atomic E-state index is 12.1. The number of hydrogen-bond acceptors (Lipinski definition) is 4. The van der Waals surface area contributed by atoms with Gasteiger partial charge in [-0.1, -0.05) is 13.0 Å². The minimum Gasteiger partial charge on any atom is -0.399 e. The first-order chi connectivity index (χ1) is 8.97. The first kappa shape index (κ1) is 15.9. The van der Waals surface area contributed by atoms with E-state index in [-0.39, 0.29) is 4.90 Å². The number of nitrogens with two attached hydrogens (primary N) is 1. The van der Waals surface area contributed by atoms with Crippen molar-refractivity contribution in [1.82, 2.24) is 4.72 Å². The van der Waals surface area contributed by atoms with E-state index in [1.807, 2.05) is 6.92 Å². The first-order valence-corrected chi connectivity index (χ1v) is 7.89. The smallest absolute Gasteiger partial charge is 0.240 e. The van der Waals surface area contributed by atoms with Gasteiger partial charge in [-0.3, -0.25) is 0 Å². The zero-order valence-electron chi connectivity index (χ0n) is 11.5. The quantitative estimate of drug-likeness (QED) is 0.562. The highest BCUT2D eigenvalue weighted by atomic mass is 32.2. The molecule has 0 atom stereocenters. The van der Waals surface area contributed by atoms with E-state index in [4.69, 9.17) is 10.5 Å². The highest BCUT2D eigenvalue weighted by molar-refractivity contribution is 7.89. The van der Waals surface area contributed by atoms with E-state index in [0.29, 0.717) is 37.4 Å². The van der Waals surface area contributed by atoms with Crippen LogP contribution < -0.4 is 10.5 Å².